The van der Waals surface area contributed by atoms with E-state index in [9.17, 15) is 4.79 Å². The minimum Gasteiger partial charge on any atom is -0.380 e. The molecule has 0 saturated heterocycles. The molecule has 0 aliphatic rings. The number of fused-ring (bicyclic) bond motifs is 1. The highest BCUT2D eigenvalue weighted by atomic mass is 35.5. The summed E-state index contributed by atoms with van der Waals surface area (Å²) in [7, 11) is 1.52. The van der Waals surface area contributed by atoms with E-state index in [0.717, 1.165) is 11.7 Å². The van der Waals surface area contributed by atoms with Crippen LogP contribution in [-0.4, -0.2) is 34.4 Å². The number of amides is 1. The number of anilines is 1. The Morgan fingerprint density at radius 3 is 3.05 bits per heavy atom. The Balaban J connectivity index is 2.18. The first-order valence-corrected chi connectivity index (χ1v) is 6.70. The molecule has 2 rings (SSSR count). The lowest BCUT2D eigenvalue weighted by Crippen LogP contribution is -2.28. The first kappa shape index (κ1) is 14.1. The number of methoxy groups -OCH3 is 1. The number of hydrogen-bond donors (Lipinski definition) is 2. The zero-order chi connectivity index (χ0) is 13.8. The van der Waals surface area contributed by atoms with Crippen molar-refractivity contribution in [3.63, 3.8) is 0 Å². The van der Waals surface area contributed by atoms with Crippen LogP contribution >= 0.6 is 23.3 Å². The fraction of sp³-hybridized carbons (Fsp3) is 0.364. The molecule has 6 nitrogen and oxygen atoms in total. The molecule has 0 bridgehead atoms. The fourth-order valence-electron chi connectivity index (χ4n) is 1.61. The van der Waals surface area contributed by atoms with Crippen molar-refractivity contribution in [1.29, 1.82) is 0 Å². The molecule has 0 aliphatic carbocycles. The number of nitrogens with two attached hydrogens (primary N) is 1. The van der Waals surface area contributed by atoms with Crippen molar-refractivity contribution in [3.05, 3.63) is 17.2 Å². The summed E-state index contributed by atoms with van der Waals surface area (Å²) in [6.45, 7) is 0.278. The van der Waals surface area contributed by atoms with E-state index >= 15 is 0 Å². The van der Waals surface area contributed by atoms with Gasteiger partial charge in [0.2, 0.25) is 5.91 Å². The lowest BCUT2D eigenvalue weighted by atomic mass is 10.2. The molecule has 1 heterocycles. The van der Waals surface area contributed by atoms with Crippen LogP contribution in [0.4, 0.5) is 5.69 Å². The van der Waals surface area contributed by atoms with Crippen LogP contribution in [0.15, 0.2) is 12.1 Å². The topological polar surface area (TPSA) is 90.1 Å². The fourth-order valence-corrected chi connectivity index (χ4v) is 2.35. The Bertz CT molecular complexity index is 585. The average Bonchev–Trinajstić information content (AvgIpc) is 2.88. The first-order valence-electron chi connectivity index (χ1n) is 5.59. The predicted octanol–water partition coefficient (Wildman–Crippen LogP) is 1.65. The second kappa shape index (κ2) is 6.25. The van der Waals surface area contributed by atoms with Gasteiger partial charge in [0.15, 0.2) is 0 Å². The number of ether oxygens (including phenoxy) is 1. The van der Waals surface area contributed by atoms with Gasteiger partial charge >= 0.3 is 0 Å². The van der Waals surface area contributed by atoms with Gasteiger partial charge in [-0.25, -0.2) is 0 Å². The van der Waals surface area contributed by atoms with Crippen LogP contribution in [0.3, 0.4) is 0 Å². The minimum absolute atomic E-state index is 0.164. The van der Waals surface area contributed by atoms with Gasteiger partial charge in [-0.15, -0.1) is 0 Å². The summed E-state index contributed by atoms with van der Waals surface area (Å²) in [5, 5.41) is 3.16. The molecule has 1 amide bonds. The SMILES string of the molecule is COC(CN)CC(=O)Nc1c(Cl)ccc2nsnc12. The highest BCUT2D eigenvalue weighted by molar-refractivity contribution is 7.00. The molecule has 0 saturated carbocycles. The Morgan fingerprint density at radius 1 is 1.58 bits per heavy atom. The molecule has 0 spiro atoms. The van der Waals surface area contributed by atoms with Crippen molar-refractivity contribution in [3.8, 4) is 0 Å². The summed E-state index contributed by atoms with van der Waals surface area (Å²) in [6.07, 6.45) is -0.149. The van der Waals surface area contributed by atoms with Gasteiger partial charge in [0, 0.05) is 13.7 Å². The van der Waals surface area contributed by atoms with Gasteiger partial charge in [0.1, 0.15) is 11.0 Å². The van der Waals surface area contributed by atoms with E-state index in [1.165, 1.54) is 7.11 Å². The van der Waals surface area contributed by atoms with E-state index in [1.807, 2.05) is 0 Å². The summed E-state index contributed by atoms with van der Waals surface area (Å²) in [5.41, 5.74) is 7.24. The molecule has 3 N–H and O–H groups in total. The molecule has 2 aromatic rings. The maximum atomic E-state index is 11.9. The second-order valence-corrected chi connectivity index (χ2v) is 4.84. The molecular weight excluding hydrogens is 288 g/mol. The second-order valence-electron chi connectivity index (χ2n) is 3.90. The molecule has 0 fully saturated rings. The number of benzene rings is 1. The summed E-state index contributed by atoms with van der Waals surface area (Å²) in [6, 6.07) is 3.44. The van der Waals surface area contributed by atoms with Crippen molar-refractivity contribution in [2.45, 2.75) is 12.5 Å². The van der Waals surface area contributed by atoms with Crippen LogP contribution in [0, 0.1) is 0 Å². The number of aromatic nitrogens is 2. The molecule has 1 unspecified atom stereocenters. The van der Waals surface area contributed by atoms with Crippen LogP contribution in [0.2, 0.25) is 5.02 Å². The number of nitrogens with one attached hydrogen (secondary N) is 1. The van der Waals surface area contributed by atoms with Crippen LogP contribution in [0.25, 0.3) is 11.0 Å². The third-order valence-corrected chi connectivity index (χ3v) is 3.51. The van der Waals surface area contributed by atoms with Crippen molar-refractivity contribution in [1.82, 2.24) is 8.75 Å². The van der Waals surface area contributed by atoms with Crippen molar-refractivity contribution in [2.24, 2.45) is 5.73 Å². The summed E-state index contributed by atoms with van der Waals surface area (Å²) in [4.78, 5) is 11.9. The summed E-state index contributed by atoms with van der Waals surface area (Å²) >= 11 is 7.15. The monoisotopic (exact) mass is 300 g/mol. The van der Waals surface area contributed by atoms with E-state index in [-0.39, 0.29) is 25.0 Å². The van der Waals surface area contributed by atoms with Crippen LogP contribution < -0.4 is 11.1 Å². The molecule has 1 aromatic heterocycles. The van der Waals surface area contributed by atoms with E-state index in [1.54, 1.807) is 12.1 Å². The van der Waals surface area contributed by atoms with E-state index in [4.69, 9.17) is 22.1 Å². The van der Waals surface area contributed by atoms with Gasteiger partial charge in [-0.05, 0) is 12.1 Å². The van der Waals surface area contributed by atoms with Crippen molar-refractivity contribution >= 4 is 46.0 Å². The van der Waals surface area contributed by atoms with Gasteiger partial charge in [0.05, 0.1) is 35.0 Å². The largest absolute Gasteiger partial charge is 0.380 e. The lowest BCUT2D eigenvalue weighted by Gasteiger charge is -2.13. The third kappa shape index (κ3) is 3.19. The molecule has 19 heavy (non-hydrogen) atoms. The predicted molar refractivity (Wildman–Crippen MR) is 75.5 cm³/mol. The van der Waals surface area contributed by atoms with Gasteiger partial charge < -0.3 is 15.8 Å². The molecule has 8 heteroatoms. The number of hydrogen-bond acceptors (Lipinski definition) is 6. The van der Waals surface area contributed by atoms with Crippen LogP contribution in [0.1, 0.15) is 6.42 Å². The maximum absolute atomic E-state index is 11.9. The third-order valence-electron chi connectivity index (χ3n) is 2.65. The van der Waals surface area contributed by atoms with E-state index < -0.39 is 0 Å². The van der Waals surface area contributed by atoms with Crippen LogP contribution in [-0.2, 0) is 9.53 Å². The van der Waals surface area contributed by atoms with Crippen molar-refractivity contribution in [2.75, 3.05) is 19.0 Å². The minimum atomic E-state index is -0.313. The van der Waals surface area contributed by atoms with Gasteiger partial charge in [0.25, 0.3) is 0 Å². The van der Waals surface area contributed by atoms with Gasteiger partial charge in [-0.2, -0.15) is 8.75 Å². The Kier molecular flexibility index (Phi) is 4.65. The number of carbonyl (C=O) groups excluding carboxylic acids is 1. The molecule has 1 aromatic carbocycles. The summed E-state index contributed by atoms with van der Waals surface area (Å²) in [5.74, 6) is -0.222. The normalized spacial score (nSPS) is 12.6. The Hall–Kier alpha value is -1.28. The molecular formula is C11H13ClN4O2S. The Morgan fingerprint density at radius 2 is 2.37 bits per heavy atom. The van der Waals surface area contributed by atoms with E-state index in [2.05, 4.69) is 14.1 Å². The standard InChI is InChI=1S/C11H13ClN4O2S/c1-18-6(5-13)4-9(17)14-10-7(12)2-3-8-11(10)16-19-15-8/h2-3,6H,4-5,13H2,1H3,(H,14,17). The van der Waals surface area contributed by atoms with E-state index in [0.29, 0.717) is 21.7 Å². The Labute approximate surface area is 119 Å². The number of nitrogens with zero attached hydrogens (tertiary/aromatic N) is 2. The van der Waals surface area contributed by atoms with Gasteiger partial charge in [-0.1, -0.05) is 11.6 Å². The first-order chi connectivity index (χ1) is 9.15. The highest BCUT2D eigenvalue weighted by Crippen LogP contribution is 2.30. The number of rotatable bonds is 5. The molecule has 1 atom stereocenters. The van der Waals surface area contributed by atoms with Crippen molar-refractivity contribution < 1.29 is 9.53 Å². The molecule has 0 aliphatic heterocycles. The summed E-state index contributed by atoms with van der Waals surface area (Å²) < 4.78 is 13.3. The number of carbonyl (C=O) groups is 1. The number of halogens is 1. The zero-order valence-electron chi connectivity index (χ0n) is 10.2. The lowest BCUT2D eigenvalue weighted by molar-refractivity contribution is -0.118. The molecule has 102 valence electrons. The quantitative estimate of drug-likeness (QED) is 0.876. The smallest absolute Gasteiger partial charge is 0.227 e. The molecule has 0 radical (unpaired) electrons. The van der Waals surface area contributed by atoms with Gasteiger partial charge in [-0.3, -0.25) is 4.79 Å². The zero-order valence-corrected chi connectivity index (χ0v) is 11.8. The average molecular weight is 301 g/mol. The van der Waals surface area contributed by atoms with Crippen LogP contribution in [0.5, 0.6) is 0 Å². The highest BCUT2D eigenvalue weighted by Gasteiger charge is 2.16. The maximum Gasteiger partial charge on any atom is 0.227 e.